The number of primary sulfonamides is 1. The Hall–Kier alpha value is -1.97. The summed E-state index contributed by atoms with van der Waals surface area (Å²) in [7, 11) is -4.01. The van der Waals surface area contributed by atoms with Crippen molar-refractivity contribution in [2.75, 3.05) is 0 Å². The van der Waals surface area contributed by atoms with Gasteiger partial charge in [0.1, 0.15) is 11.3 Å². The summed E-state index contributed by atoms with van der Waals surface area (Å²) in [5, 5.41) is 13.7. The number of benzene rings is 1. The van der Waals surface area contributed by atoms with Gasteiger partial charge in [-0.1, -0.05) is 0 Å². The molecule has 0 radical (unpaired) electrons. The van der Waals surface area contributed by atoms with Gasteiger partial charge in [-0.25, -0.2) is 18.4 Å². The first-order valence-corrected chi connectivity index (χ1v) is 5.85. The summed E-state index contributed by atoms with van der Waals surface area (Å²) >= 11 is 0. The van der Waals surface area contributed by atoms with E-state index < -0.39 is 27.5 Å². The predicted octanol–water partition coefficient (Wildman–Crippen LogP) is -0.867. The molecule has 0 aliphatic rings. The lowest BCUT2D eigenvalue weighted by Crippen LogP contribution is -2.14. The van der Waals surface area contributed by atoms with Crippen molar-refractivity contribution in [3.63, 3.8) is 0 Å². The molecule has 1 aromatic rings. The Labute approximate surface area is 102 Å². The second kappa shape index (κ2) is 5.58. The van der Waals surface area contributed by atoms with Crippen LogP contribution in [0.3, 0.4) is 0 Å². The van der Waals surface area contributed by atoms with Gasteiger partial charge in [-0.3, -0.25) is 4.79 Å². The molecule has 0 spiro atoms. The summed E-state index contributed by atoms with van der Waals surface area (Å²) in [6.45, 7) is 1.10. The van der Waals surface area contributed by atoms with Gasteiger partial charge < -0.3 is 15.3 Å². The van der Waals surface area contributed by atoms with Crippen molar-refractivity contribution in [2.45, 2.75) is 11.8 Å². The highest BCUT2D eigenvalue weighted by Gasteiger charge is 2.17. The molecule has 18 heavy (non-hydrogen) atoms. The Morgan fingerprint density at radius 2 is 1.89 bits per heavy atom. The second-order valence-electron chi connectivity index (χ2n) is 3.10. The van der Waals surface area contributed by atoms with Crippen LogP contribution in [0.5, 0.6) is 5.75 Å². The van der Waals surface area contributed by atoms with E-state index in [-0.39, 0.29) is 16.1 Å². The van der Waals surface area contributed by atoms with Gasteiger partial charge in [0.25, 0.3) is 0 Å². The van der Waals surface area contributed by atoms with Crippen LogP contribution in [0, 0.1) is 0 Å². The molecule has 0 bridgehead atoms. The van der Waals surface area contributed by atoms with E-state index in [1.807, 2.05) is 0 Å². The molecule has 9 heteroatoms. The van der Waals surface area contributed by atoms with E-state index in [2.05, 4.69) is 4.74 Å². The Bertz CT molecular complexity index is 579. The number of hydrogen-bond donors (Lipinski definition) is 2. The van der Waals surface area contributed by atoms with Crippen LogP contribution in [0.2, 0.25) is 0 Å². The number of carbonyl (C=O) groups is 2. The minimum Gasteiger partial charge on any atom is -0.478 e. The lowest BCUT2D eigenvalue weighted by molar-refractivity contribution is -0.131. The maximum atomic E-state index is 11.0. The van der Waals surface area contributed by atoms with Gasteiger partial charge in [-0.2, -0.15) is 0 Å². The Balaban J connectivity index is 0.00000289. The molecule has 0 aliphatic carbocycles. The van der Waals surface area contributed by atoms with Crippen LogP contribution in [-0.4, -0.2) is 30.9 Å². The van der Waals surface area contributed by atoms with Gasteiger partial charge in [-0.15, -0.1) is 0 Å². The van der Waals surface area contributed by atoms with Crippen LogP contribution in [0.4, 0.5) is 0 Å². The van der Waals surface area contributed by atoms with Crippen molar-refractivity contribution < 1.29 is 33.3 Å². The molecule has 1 rings (SSSR count). The lowest BCUT2D eigenvalue weighted by Gasteiger charge is -2.06. The summed E-state index contributed by atoms with van der Waals surface area (Å²) < 4.78 is 26.7. The van der Waals surface area contributed by atoms with E-state index >= 15 is 0 Å². The van der Waals surface area contributed by atoms with E-state index in [0.717, 1.165) is 25.1 Å². The number of carboxylic acids is 1. The van der Waals surface area contributed by atoms with Gasteiger partial charge in [0.2, 0.25) is 10.0 Å². The molecular weight excluding hydrogens is 266 g/mol. The first-order chi connectivity index (χ1) is 7.71. The molecular formula is C9H11NO7S. The minimum atomic E-state index is -4.01. The molecule has 0 aliphatic heterocycles. The summed E-state index contributed by atoms with van der Waals surface area (Å²) in [6.07, 6.45) is 0. The van der Waals surface area contributed by atoms with Crippen molar-refractivity contribution in [1.29, 1.82) is 0 Å². The zero-order chi connectivity index (χ0) is 13.2. The van der Waals surface area contributed by atoms with Gasteiger partial charge in [-0.05, 0) is 18.2 Å². The molecule has 0 fully saturated rings. The second-order valence-corrected chi connectivity index (χ2v) is 4.66. The third-order valence-electron chi connectivity index (χ3n) is 1.76. The summed E-state index contributed by atoms with van der Waals surface area (Å²) in [5.41, 5.74) is -0.452. The fourth-order valence-corrected chi connectivity index (χ4v) is 1.64. The molecule has 0 amide bonds. The smallest absolute Gasteiger partial charge is 0.339 e. The van der Waals surface area contributed by atoms with E-state index in [0.29, 0.717) is 0 Å². The molecule has 5 N–H and O–H groups in total. The van der Waals surface area contributed by atoms with E-state index in [1.54, 1.807) is 0 Å². The summed E-state index contributed by atoms with van der Waals surface area (Å²) in [5.74, 6) is -2.37. The number of carboxylic acid groups (broad SMARTS) is 1. The number of nitrogens with two attached hydrogens (primary N) is 1. The largest absolute Gasteiger partial charge is 0.478 e. The molecule has 0 aromatic heterocycles. The quantitative estimate of drug-likeness (QED) is 0.540. The van der Waals surface area contributed by atoms with Crippen LogP contribution in [-0.2, 0) is 14.8 Å². The molecule has 1 aromatic carbocycles. The van der Waals surface area contributed by atoms with Gasteiger partial charge >= 0.3 is 11.9 Å². The summed E-state index contributed by atoms with van der Waals surface area (Å²) in [6, 6.07) is 2.95. The number of carbonyl (C=O) groups excluding carboxylic acids is 1. The highest BCUT2D eigenvalue weighted by Crippen LogP contribution is 2.22. The fourth-order valence-electron chi connectivity index (χ4n) is 1.10. The highest BCUT2D eigenvalue weighted by atomic mass is 32.2. The van der Waals surface area contributed by atoms with Gasteiger partial charge in [0.15, 0.2) is 0 Å². The minimum absolute atomic E-state index is 0. The van der Waals surface area contributed by atoms with Gasteiger partial charge in [0, 0.05) is 6.92 Å². The topological polar surface area (TPSA) is 155 Å². The van der Waals surface area contributed by atoms with E-state index in [1.165, 1.54) is 0 Å². The number of hydrogen-bond acceptors (Lipinski definition) is 5. The van der Waals surface area contributed by atoms with E-state index in [4.69, 9.17) is 10.2 Å². The number of sulfonamides is 1. The molecule has 0 saturated heterocycles. The Kier molecular flexibility index (Phi) is 4.97. The zero-order valence-corrected chi connectivity index (χ0v) is 10.0. The third kappa shape index (κ3) is 3.80. The van der Waals surface area contributed by atoms with Crippen LogP contribution in [0.25, 0.3) is 0 Å². The van der Waals surface area contributed by atoms with Crippen LogP contribution in [0.15, 0.2) is 23.1 Å². The average Bonchev–Trinajstić information content (AvgIpc) is 2.15. The first kappa shape index (κ1) is 16.0. The van der Waals surface area contributed by atoms with Crippen molar-refractivity contribution in [3.05, 3.63) is 23.8 Å². The number of esters is 1. The van der Waals surface area contributed by atoms with Crippen molar-refractivity contribution in [3.8, 4) is 5.75 Å². The molecule has 100 valence electrons. The molecule has 0 unspecified atom stereocenters. The third-order valence-corrected chi connectivity index (χ3v) is 2.67. The molecule has 0 heterocycles. The van der Waals surface area contributed by atoms with Crippen molar-refractivity contribution in [1.82, 2.24) is 0 Å². The SMILES string of the molecule is CC(=O)Oc1ccc(S(N)(=O)=O)cc1C(=O)O.O. The van der Waals surface area contributed by atoms with Crippen LogP contribution < -0.4 is 9.88 Å². The first-order valence-electron chi connectivity index (χ1n) is 4.30. The Morgan fingerprint density at radius 1 is 1.33 bits per heavy atom. The maximum Gasteiger partial charge on any atom is 0.339 e. The van der Waals surface area contributed by atoms with Crippen molar-refractivity contribution >= 4 is 22.0 Å². The van der Waals surface area contributed by atoms with Crippen molar-refractivity contribution in [2.24, 2.45) is 5.14 Å². The van der Waals surface area contributed by atoms with Gasteiger partial charge in [0.05, 0.1) is 4.90 Å². The number of aromatic carboxylic acids is 1. The zero-order valence-electron chi connectivity index (χ0n) is 9.21. The number of rotatable bonds is 3. The number of ether oxygens (including phenoxy) is 1. The normalized spacial score (nSPS) is 10.3. The molecule has 8 nitrogen and oxygen atoms in total. The lowest BCUT2D eigenvalue weighted by atomic mass is 10.2. The highest BCUT2D eigenvalue weighted by molar-refractivity contribution is 7.89. The standard InChI is InChI=1S/C9H9NO6S.H2O/c1-5(11)16-8-3-2-6(17(10,14)15)4-7(8)9(12)13;/h2-4H,1H3,(H,12,13)(H2,10,14,15);1H2. The molecule has 0 atom stereocenters. The Morgan fingerprint density at radius 3 is 2.28 bits per heavy atom. The average molecular weight is 277 g/mol. The van der Waals surface area contributed by atoms with Crippen LogP contribution >= 0.6 is 0 Å². The maximum absolute atomic E-state index is 11.0. The monoisotopic (exact) mass is 277 g/mol. The predicted molar refractivity (Wildman–Crippen MR) is 59.7 cm³/mol. The fraction of sp³-hybridized carbons (Fsp3) is 0.111. The van der Waals surface area contributed by atoms with Crippen LogP contribution in [0.1, 0.15) is 17.3 Å². The summed E-state index contributed by atoms with van der Waals surface area (Å²) in [4.78, 5) is 21.2. The molecule has 0 saturated carbocycles. The van der Waals surface area contributed by atoms with E-state index in [9.17, 15) is 18.0 Å².